The van der Waals surface area contributed by atoms with E-state index in [-0.39, 0.29) is 23.0 Å². The van der Waals surface area contributed by atoms with Crippen LogP contribution in [0.2, 0.25) is 0 Å². The first kappa shape index (κ1) is 11.0. The normalized spacial score (nSPS) is 10.2. The topological polar surface area (TPSA) is 92.8 Å². The van der Waals surface area contributed by atoms with Crippen molar-refractivity contribution in [3.05, 3.63) is 30.0 Å². The molecule has 6 nitrogen and oxygen atoms in total. The molecule has 1 aromatic carbocycles. The van der Waals surface area contributed by atoms with Crippen molar-refractivity contribution in [3.63, 3.8) is 0 Å². The molecule has 0 amide bonds. The molecule has 88 valence electrons. The largest absolute Gasteiger partial charge is 0.504 e. The lowest BCUT2D eigenvalue weighted by Crippen LogP contribution is -1.94. The number of carboxylic acid groups (broad SMARTS) is 1. The highest BCUT2D eigenvalue weighted by molar-refractivity contribution is 5.87. The van der Waals surface area contributed by atoms with Gasteiger partial charge in [-0.25, -0.2) is 4.79 Å². The van der Waals surface area contributed by atoms with E-state index in [2.05, 4.69) is 5.16 Å². The van der Waals surface area contributed by atoms with Gasteiger partial charge in [0.1, 0.15) is 0 Å². The SMILES string of the molecule is COc1cccc(-c2cc(C(=O)O)no2)c1O. The Morgan fingerprint density at radius 3 is 2.82 bits per heavy atom. The van der Waals surface area contributed by atoms with Crippen molar-refractivity contribution >= 4 is 5.97 Å². The zero-order valence-electron chi connectivity index (χ0n) is 8.88. The van der Waals surface area contributed by atoms with Crippen molar-refractivity contribution in [1.82, 2.24) is 5.16 Å². The summed E-state index contributed by atoms with van der Waals surface area (Å²) in [5.74, 6) is -0.875. The second-order valence-corrected chi connectivity index (χ2v) is 3.24. The van der Waals surface area contributed by atoms with E-state index >= 15 is 0 Å². The van der Waals surface area contributed by atoms with Gasteiger partial charge in [0.2, 0.25) is 0 Å². The van der Waals surface area contributed by atoms with Crippen molar-refractivity contribution in [3.8, 4) is 22.8 Å². The van der Waals surface area contributed by atoms with Crippen LogP contribution in [0.1, 0.15) is 10.5 Å². The standard InChI is InChI=1S/C11H9NO5/c1-16-8-4-2-3-6(10(8)13)9-5-7(11(14)15)12-17-9/h2-5,13H,1H3,(H,14,15). The highest BCUT2D eigenvalue weighted by atomic mass is 16.5. The minimum absolute atomic E-state index is 0.122. The Hall–Kier alpha value is -2.50. The number of aromatic carboxylic acids is 1. The lowest BCUT2D eigenvalue weighted by atomic mass is 10.1. The van der Waals surface area contributed by atoms with Gasteiger partial charge in [-0.3, -0.25) is 0 Å². The third kappa shape index (κ3) is 1.92. The Bertz CT molecular complexity index is 561. The molecule has 0 aliphatic heterocycles. The van der Waals surface area contributed by atoms with Crippen LogP contribution in [-0.2, 0) is 0 Å². The van der Waals surface area contributed by atoms with Crippen LogP contribution in [0.4, 0.5) is 0 Å². The van der Waals surface area contributed by atoms with Gasteiger partial charge >= 0.3 is 5.97 Å². The number of nitrogens with zero attached hydrogens (tertiary/aromatic N) is 1. The van der Waals surface area contributed by atoms with Gasteiger partial charge in [-0.15, -0.1) is 0 Å². The number of phenols is 1. The first-order chi connectivity index (χ1) is 8.13. The zero-order valence-corrected chi connectivity index (χ0v) is 8.88. The number of hydrogen-bond acceptors (Lipinski definition) is 5. The molecule has 0 radical (unpaired) electrons. The van der Waals surface area contributed by atoms with Gasteiger partial charge in [0.15, 0.2) is 23.0 Å². The van der Waals surface area contributed by atoms with Crippen molar-refractivity contribution in [2.75, 3.05) is 7.11 Å². The van der Waals surface area contributed by atoms with Crippen LogP contribution in [0.3, 0.4) is 0 Å². The third-order valence-electron chi connectivity index (χ3n) is 2.21. The van der Waals surface area contributed by atoms with Crippen LogP contribution in [0.15, 0.2) is 28.8 Å². The number of ether oxygens (including phenoxy) is 1. The number of carbonyl (C=O) groups is 1. The number of benzene rings is 1. The van der Waals surface area contributed by atoms with Crippen molar-refractivity contribution in [2.45, 2.75) is 0 Å². The Morgan fingerprint density at radius 1 is 1.47 bits per heavy atom. The number of para-hydroxylation sites is 1. The van der Waals surface area contributed by atoms with Crippen molar-refractivity contribution in [1.29, 1.82) is 0 Å². The summed E-state index contributed by atoms with van der Waals surface area (Å²) in [7, 11) is 1.42. The fourth-order valence-corrected chi connectivity index (χ4v) is 1.39. The quantitative estimate of drug-likeness (QED) is 0.841. The predicted octanol–water partition coefficient (Wildman–Crippen LogP) is 1.75. The maximum absolute atomic E-state index is 10.6. The maximum atomic E-state index is 10.6. The van der Waals surface area contributed by atoms with E-state index in [1.807, 2.05) is 0 Å². The molecule has 17 heavy (non-hydrogen) atoms. The molecule has 0 spiro atoms. The number of methoxy groups -OCH3 is 1. The van der Waals surface area contributed by atoms with E-state index in [1.165, 1.54) is 13.2 Å². The van der Waals surface area contributed by atoms with E-state index in [9.17, 15) is 9.90 Å². The molecule has 0 saturated carbocycles. The number of aromatic nitrogens is 1. The number of hydrogen-bond donors (Lipinski definition) is 2. The van der Waals surface area contributed by atoms with Crippen LogP contribution in [0, 0.1) is 0 Å². The highest BCUT2D eigenvalue weighted by Gasteiger charge is 2.16. The molecule has 0 bridgehead atoms. The summed E-state index contributed by atoms with van der Waals surface area (Å²) < 4.78 is 9.78. The van der Waals surface area contributed by atoms with Crippen molar-refractivity contribution in [2.24, 2.45) is 0 Å². The predicted molar refractivity (Wildman–Crippen MR) is 57.1 cm³/mol. The van der Waals surface area contributed by atoms with Crippen LogP contribution in [0.5, 0.6) is 11.5 Å². The van der Waals surface area contributed by atoms with Crippen LogP contribution in [0.25, 0.3) is 11.3 Å². The summed E-state index contributed by atoms with van der Waals surface area (Å²) >= 11 is 0. The Kier molecular flexibility index (Phi) is 2.70. The molecule has 0 aliphatic rings. The maximum Gasteiger partial charge on any atom is 0.358 e. The number of rotatable bonds is 3. The van der Waals surface area contributed by atoms with Gasteiger partial charge in [0, 0.05) is 6.07 Å². The summed E-state index contributed by atoms with van der Waals surface area (Å²) in [5.41, 5.74) is 0.103. The van der Waals surface area contributed by atoms with E-state index in [4.69, 9.17) is 14.4 Å². The average molecular weight is 235 g/mol. The summed E-state index contributed by atoms with van der Waals surface area (Å²) in [6.45, 7) is 0. The summed E-state index contributed by atoms with van der Waals surface area (Å²) in [4.78, 5) is 10.6. The summed E-state index contributed by atoms with van der Waals surface area (Å²) in [6.07, 6.45) is 0. The van der Waals surface area contributed by atoms with E-state index in [0.717, 1.165) is 0 Å². The first-order valence-electron chi connectivity index (χ1n) is 4.70. The molecule has 1 aromatic heterocycles. The number of aromatic hydroxyl groups is 1. The molecule has 0 aliphatic carbocycles. The smallest absolute Gasteiger partial charge is 0.358 e. The fraction of sp³-hybridized carbons (Fsp3) is 0.0909. The molecule has 1 heterocycles. The van der Waals surface area contributed by atoms with Gasteiger partial charge in [-0.2, -0.15) is 0 Å². The second kappa shape index (κ2) is 4.17. The summed E-state index contributed by atoms with van der Waals surface area (Å²) in [6, 6.07) is 6.03. The molecular weight excluding hydrogens is 226 g/mol. The number of phenolic OH excluding ortho intramolecular Hbond substituents is 1. The van der Waals surface area contributed by atoms with Gasteiger partial charge in [0.25, 0.3) is 0 Å². The molecule has 2 N–H and O–H groups in total. The van der Waals surface area contributed by atoms with Crippen LogP contribution < -0.4 is 4.74 Å². The fourth-order valence-electron chi connectivity index (χ4n) is 1.39. The monoisotopic (exact) mass is 235 g/mol. The van der Waals surface area contributed by atoms with Gasteiger partial charge in [-0.05, 0) is 12.1 Å². The molecule has 0 fully saturated rings. The minimum atomic E-state index is -1.19. The average Bonchev–Trinajstić information content (AvgIpc) is 2.78. The number of carboxylic acids is 1. The molecular formula is C11H9NO5. The Morgan fingerprint density at radius 2 is 2.24 bits per heavy atom. The lowest BCUT2D eigenvalue weighted by Gasteiger charge is -2.05. The second-order valence-electron chi connectivity index (χ2n) is 3.24. The first-order valence-corrected chi connectivity index (χ1v) is 4.70. The molecule has 0 saturated heterocycles. The van der Waals surface area contributed by atoms with Gasteiger partial charge in [-0.1, -0.05) is 11.2 Å². The van der Waals surface area contributed by atoms with Crippen LogP contribution in [-0.4, -0.2) is 28.4 Å². The molecule has 2 rings (SSSR count). The van der Waals surface area contributed by atoms with Crippen LogP contribution >= 0.6 is 0 Å². The lowest BCUT2D eigenvalue weighted by molar-refractivity contribution is 0.0686. The Balaban J connectivity index is 2.49. The highest BCUT2D eigenvalue weighted by Crippen LogP contribution is 2.36. The summed E-state index contributed by atoms with van der Waals surface area (Å²) in [5, 5.41) is 21.9. The van der Waals surface area contributed by atoms with E-state index in [0.29, 0.717) is 5.56 Å². The molecule has 0 unspecified atom stereocenters. The van der Waals surface area contributed by atoms with Crippen molar-refractivity contribution < 1.29 is 24.3 Å². The minimum Gasteiger partial charge on any atom is -0.504 e. The van der Waals surface area contributed by atoms with E-state index in [1.54, 1.807) is 18.2 Å². The molecule has 2 aromatic rings. The van der Waals surface area contributed by atoms with E-state index < -0.39 is 5.97 Å². The molecule has 6 heteroatoms. The van der Waals surface area contributed by atoms with Gasteiger partial charge in [0.05, 0.1) is 12.7 Å². The molecule has 0 atom stereocenters. The zero-order chi connectivity index (χ0) is 12.4. The third-order valence-corrected chi connectivity index (χ3v) is 2.21. The Labute approximate surface area is 96.0 Å². The van der Waals surface area contributed by atoms with Gasteiger partial charge < -0.3 is 19.5 Å².